The van der Waals surface area contributed by atoms with Gasteiger partial charge in [0.15, 0.2) is 5.82 Å². The van der Waals surface area contributed by atoms with Gasteiger partial charge in [-0.3, -0.25) is 18.8 Å². The van der Waals surface area contributed by atoms with Gasteiger partial charge in [-0.2, -0.15) is 5.10 Å². The van der Waals surface area contributed by atoms with E-state index in [0.717, 1.165) is 23.2 Å². The number of aryl methyl sites for hydroxylation is 2. The first-order valence-corrected chi connectivity index (χ1v) is 10.8. The van der Waals surface area contributed by atoms with Crippen LogP contribution in [0.2, 0.25) is 0 Å². The van der Waals surface area contributed by atoms with E-state index >= 15 is 0 Å². The van der Waals surface area contributed by atoms with Crippen molar-refractivity contribution in [3.8, 4) is 5.69 Å². The lowest BCUT2D eigenvalue weighted by atomic mass is 10.1. The van der Waals surface area contributed by atoms with E-state index in [-0.39, 0.29) is 16.9 Å². The first-order valence-electron chi connectivity index (χ1n) is 10.8. The molecule has 0 aliphatic carbocycles. The van der Waals surface area contributed by atoms with Gasteiger partial charge in [-0.25, -0.2) is 0 Å². The summed E-state index contributed by atoms with van der Waals surface area (Å²) < 4.78 is 3.22. The highest BCUT2D eigenvalue weighted by atomic mass is 16.1. The topological polar surface area (TPSA) is 147 Å². The molecule has 4 aromatic rings. The van der Waals surface area contributed by atoms with Crippen molar-refractivity contribution in [1.82, 2.24) is 14.3 Å². The Labute approximate surface area is 197 Å². The number of anilines is 3. The van der Waals surface area contributed by atoms with Crippen LogP contribution in [0.1, 0.15) is 23.0 Å². The first kappa shape index (κ1) is 24.1. The summed E-state index contributed by atoms with van der Waals surface area (Å²) in [6, 6.07) is 17.3. The third-order valence-electron chi connectivity index (χ3n) is 5.27. The van der Waals surface area contributed by atoms with Gasteiger partial charge in [0.2, 0.25) is 0 Å². The molecule has 0 spiro atoms. The quantitative estimate of drug-likeness (QED) is 0.257. The average Bonchev–Trinajstić information content (AvgIpc) is 3.11. The molecule has 0 aliphatic heterocycles. The van der Waals surface area contributed by atoms with Gasteiger partial charge in [0.1, 0.15) is 11.4 Å². The molecule has 0 fully saturated rings. The lowest BCUT2D eigenvalue weighted by Gasteiger charge is -2.14. The Morgan fingerprint density at radius 3 is 2.47 bits per heavy atom. The summed E-state index contributed by atoms with van der Waals surface area (Å²) in [6.07, 6.45) is 2.45. The fourth-order valence-electron chi connectivity index (χ4n) is 3.72. The van der Waals surface area contributed by atoms with Gasteiger partial charge in [-0.1, -0.05) is 43.3 Å². The zero-order valence-electron chi connectivity index (χ0n) is 19.3. The number of primary amides is 1. The maximum absolute atomic E-state index is 12.8. The SMILES string of the molecule is C=CCNc1c(C(N)=O)c(N)nn1C.CCc1cc2cccc(N)c2c(=O)n1-c1ccccc1. The average molecular weight is 460 g/mol. The highest BCUT2D eigenvalue weighted by Gasteiger charge is 2.18. The Morgan fingerprint density at radius 2 is 1.85 bits per heavy atom. The van der Waals surface area contributed by atoms with E-state index in [1.807, 2.05) is 55.5 Å². The number of para-hydroxylation sites is 1. The third kappa shape index (κ3) is 4.78. The number of fused-ring (bicyclic) bond motifs is 1. The van der Waals surface area contributed by atoms with Crippen molar-refractivity contribution in [2.75, 3.05) is 23.3 Å². The first-order chi connectivity index (χ1) is 16.3. The van der Waals surface area contributed by atoms with Gasteiger partial charge in [-0.05, 0) is 36.1 Å². The fraction of sp³-hybridized carbons (Fsp3) is 0.160. The molecule has 1 amide bonds. The predicted octanol–water partition coefficient (Wildman–Crippen LogP) is 2.83. The standard InChI is InChI=1S/C17H16N2O.C8H13N5O/c1-2-13-11-12-7-6-10-15(18)16(12)17(20)19(13)14-8-4-3-5-9-14;1-3-4-11-8-5(7(10)14)6(9)12-13(8)2/h3-11H,2,18H2,1H3;3,11H,1,4H2,2H3,(H2,9,12)(H2,10,14). The van der Waals surface area contributed by atoms with Gasteiger partial charge in [0.05, 0.1) is 5.39 Å². The maximum Gasteiger partial charge on any atom is 0.265 e. The molecule has 0 saturated carbocycles. The van der Waals surface area contributed by atoms with Crippen molar-refractivity contribution in [3.05, 3.63) is 88.9 Å². The van der Waals surface area contributed by atoms with Crippen LogP contribution in [0.25, 0.3) is 16.5 Å². The molecule has 9 heteroatoms. The Balaban J connectivity index is 0.000000204. The molecule has 0 bridgehead atoms. The fourth-order valence-corrected chi connectivity index (χ4v) is 3.72. The van der Waals surface area contributed by atoms with Gasteiger partial charge in [-0.15, -0.1) is 6.58 Å². The smallest absolute Gasteiger partial charge is 0.265 e. The number of nitrogen functional groups attached to an aromatic ring is 2. The molecule has 9 nitrogen and oxygen atoms in total. The molecular formula is C25H29N7O2. The number of pyridine rings is 1. The lowest BCUT2D eigenvalue weighted by Crippen LogP contribution is -2.22. The van der Waals surface area contributed by atoms with Crippen molar-refractivity contribution in [2.45, 2.75) is 13.3 Å². The van der Waals surface area contributed by atoms with Crippen LogP contribution >= 0.6 is 0 Å². The number of amides is 1. The number of carbonyl (C=O) groups excluding carboxylic acids is 1. The molecule has 0 saturated heterocycles. The van der Waals surface area contributed by atoms with Crippen LogP contribution in [0.5, 0.6) is 0 Å². The second-order valence-corrected chi connectivity index (χ2v) is 7.54. The Morgan fingerprint density at radius 1 is 1.15 bits per heavy atom. The molecule has 176 valence electrons. The number of nitrogens with two attached hydrogens (primary N) is 3. The Kier molecular flexibility index (Phi) is 7.37. The number of carbonyl (C=O) groups is 1. The summed E-state index contributed by atoms with van der Waals surface area (Å²) in [5.74, 6) is 0.0450. The van der Waals surface area contributed by atoms with Crippen molar-refractivity contribution in [3.63, 3.8) is 0 Å². The normalized spacial score (nSPS) is 10.4. The predicted molar refractivity (Wildman–Crippen MR) is 138 cm³/mol. The molecule has 2 heterocycles. The highest BCUT2D eigenvalue weighted by Crippen LogP contribution is 2.21. The maximum atomic E-state index is 12.8. The van der Waals surface area contributed by atoms with Crippen molar-refractivity contribution in [1.29, 1.82) is 0 Å². The van der Waals surface area contributed by atoms with Crippen molar-refractivity contribution in [2.24, 2.45) is 12.8 Å². The van der Waals surface area contributed by atoms with Crippen LogP contribution < -0.4 is 28.1 Å². The lowest BCUT2D eigenvalue weighted by molar-refractivity contribution is 0.100. The molecule has 34 heavy (non-hydrogen) atoms. The summed E-state index contributed by atoms with van der Waals surface area (Å²) in [5, 5.41) is 8.31. The Hall–Kier alpha value is -4.53. The van der Waals surface area contributed by atoms with Crippen LogP contribution in [0.3, 0.4) is 0 Å². The molecular weight excluding hydrogens is 430 g/mol. The third-order valence-corrected chi connectivity index (χ3v) is 5.27. The summed E-state index contributed by atoms with van der Waals surface area (Å²) >= 11 is 0. The van der Waals surface area contributed by atoms with Crippen LogP contribution in [0.15, 0.2) is 72.0 Å². The number of nitrogens with zero attached hydrogens (tertiary/aromatic N) is 3. The van der Waals surface area contributed by atoms with Crippen LogP contribution in [-0.4, -0.2) is 26.8 Å². The van der Waals surface area contributed by atoms with Crippen LogP contribution in [-0.2, 0) is 13.5 Å². The van der Waals surface area contributed by atoms with E-state index in [1.54, 1.807) is 23.8 Å². The minimum atomic E-state index is -0.595. The number of nitrogens with one attached hydrogen (secondary N) is 1. The molecule has 7 N–H and O–H groups in total. The van der Waals surface area contributed by atoms with E-state index in [0.29, 0.717) is 23.4 Å². The van der Waals surface area contributed by atoms with Crippen LogP contribution in [0, 0.1) is 0 Å². The zero-order valence-corrected chi connectivity index (χ0v) is 19.3. The Bertz CT molecular complexity index is 1390. The number of rotatable bonds is 6. The van der Waals surface area contributed by atoms with E-state index in [2.05, 4.69) is 17.0 Å². The van der Waals surface area contributed by atoms with Gasteiger partial charge in [0, 0.05) is 30.7 Å². The van der Waals surface area contributed by atoms with E-state index < -0.39 is 5.91 Å². The number of benzene rings is 2. The molecule has 4 rings (SSSR count). The van der Waals surface area contributed by atoms with E-state index in [4.69, 9.17) is 17.2 Å². The summed E-state index contributed by atoms with van der Waals surface area (Å²) in [6.45, 7) is 6.11. The molecule has 0 unspecified atom stereocenters. The summed E-state index contributed by atoms with van der Waals surface area (Å²) in [4.78, 5) is 23.9. The highest BCUT2D eigenvalue weighted by molar-refractivity contribution is 6.02. The zero-order chi connectivity index (χ0) is 24.8. The van der Waals surface area contributed by atoms with E-state index in [9.17, 15) is 9.59 Å². The minimum absolute atomic E-state index is 0.0522. The number of aromatic nitrogens is 3. The van der Waals surface area contributed by atoms with E-state index in [1.165, 1.54) is 4.68 Å². The largest absolute Gasteiger partial charge is 0.398 e. The number of hydrogen-bond acceptors (Lipinski definition) is 6. The minimum Gasteiger partial charge on any atom is -0.398 e. The molecule has 0 atom stereocenters. The van der Waals surface area contributed by atoms with Gasteiger partial charge in [0.25, 0.3) is 11.5 Å². The van der Waals surface area contributed by atoms with Crippen molar-refractivity contribution >= 4 is 34.0 Å². The van der Waals surface area contributed by atoms with Crippen molar-refractivity contribution < 1.29 is 4.79 Å². The summed E-state index contributed by atoms with van der Waals surface area (Å²) in [5.41, 5.74) is 19.2. The summed E-state index contributed by atoms with van der Waals surface area (Å²) in [7, 11) is 1.67. The van der Waals surface area contributed by atoms with Gasteiger partial charge >= 0.3 is 0 Å². The molecule has 2 aromatic heterocycles. The molecule has 2 aromatic carbocycles. The second kappa shape index (κ2) is 10.4. The molecule has 0 radical (unpaired) electrons. The second-order valence-electron chi connectivity index (χ2n) is 7.54. The monoisotopic (exact) mass is 459 g/mol. The van der Waals surface area contributed by atoms with Crippen LogP contribution in [0.4, 0.5) is 17.3 Å². The number of hydrogen-bond donors (Lipinski definition) is 4. The van der Waals surface area contributed by atoms with Gasteiger partial charge < -0.3 is 22.5 Å². The molecule has 0 aliphatic rings.